The number of benzene rings is 2. The average Bonchev–Trinajstić information content (AvgIpc) is 3.26. The maximum Gasteiger partial charge on any atom is 0.261 e. The second-order valence-electron chi connectivity index (χ2n) is 10.3. The van der Waals surface area contributed by atoms with Gasteiger partial charge in [0.2, 0.25) is 0 Å². The molecule has 2 aromatic rings. The van der Waals surface area contributed by atoms with E-state index in [2.05, 4.69) is 81.4 Å². The Hall–Kier alpha value is -1.72. The molecule has 2 fully saturated rings. The Morgan fingerprint density at radius 3 is 2.06 bits per heavy atom. The van der Waals surface area contributed by atoms with Crippen LogP contribution in [0, 0.1) is 17.8 Å². The van der Waals surface area contributed by atoms with Gasteiger partial charge in [0.25, 0.3) is 8.32 Å². The molecule has 2 aliphatic rings. The van der Waals surface area contributed by atoms with Crippen LogP contribution in [0.25, 0.3) is 0 Å². The fraction of sp³-hybridized carbons (Fsp3) is 0.481. The van der Waals surface area contributed by atoms with Crippen LogP contribution in [-0.2, 0) is 4.43 Å². The summed E-state index contributed by atoms with van der Waals surface area (Å²) in [5.41, 5.74) is 1.35. The fourth-order valence-electron chi connectivity index (χ4n) is 6.08. The van der Waals surface area contributed by atoms with E-state index in [9.17, 15) is 10.2 Å². The minimum atomic E-state index is -2.59. The topological polar surface area (TPSA) is 49.7 Å². The van der Waals surface area contributed by atoms with Crippen LogP contribution >= 0.6 is 0 Å². The normalized spacial score (nSPS) is 27.6. The summed E-state index contributed by atoms with van der Waals surface area (Å²) >= 11 is 0. The molecule has 0 aliphatic heterocycles. The first-order valence-electron chi connectivity index (χ1n) is 11.6. The largest absolute Gasteiger partial charge is 0.407 e. The van der Waals surface area contributed by atoms with Crippen LogP contribution in [0.5, 0.6) is 0 Å². The number of aliphatic hydroxyl groups excluding tert-OH is 2. The summed E-state index contributed by atoms with van der Waals surface area (Å²) in [5.74, 6) is 1.11. The third-order valence-electron chi connectivity index (χ3n) is 7.51. The van der Waals surface area contributed by atoms with Crippen molar-refractivity contribution in [3.8, 4) is 0 Å². The first-order valence-corrected chi connectivity index (χ1v) is 13.5. The molecule has 0 radical (unpaired) electrons. The van der Waals surface area contributed by atoms with Gasteiger partial charge in [0.1, 0.15) is 0 Å². The highest BCUT2D eigenvalue weighted by atomic mass is 28.4. The molecule has 2 N–H and O–H groups in total. The third kappa shape index (κ3) is 4.19. The van der Waals surface area contributed by atoms with E-state index >= 15 is 0 Å². The first kappa shape index (κ1) is 22.5. The standard InChI is InChI=1S/C27H36O3Si/c1-27(2,3)31(22-10-6-4-7-11-22,23-12-8-5-9-13-23)30-19-25-24-17-20(14-15-28)16-21(24)18-26(25)29/h4-14,21,24-26,28-29H,15-19H2,1-3H3/b20-14+/t21-,24-,25-,26+/m0/s1. The van der Waals surface area contributed by atoms with Crippen LogP contribution in [0.3, 0.4) is 0 Å². The number of aliphatic hydroxyl groups is 2. The number of rotatable bonds is 6. The molecule has 0 heterocycles. The molecule has 0 aromatic heterocycles. The van der Waals surface area contributed by atoms with Crippen LogP contribution in [-0.4, -0.2) is 37.8 Å². The molecular formula is C27H36O3Si. The smallest absolute Gasteiger partial charge is 0.261 e. The van der Waals surface area contributed by atoms with Crippen LogP contribution in [0.2, 0.25) is 5.04 Å². The molecule has 31 heavy (non-hydrogen) atoms. The van der Waals surface area contributed by atoms with Crippen molar-refractivity contribution in [2.75, 3.05) is 13.2 Å². The molecule has 2 aromatic carbocycles. The summed E-state index contributed by atoms with van der Waals surface area (Å²) in [5, 5.41) is 22.7. The molecule has 0 unspecified atom stereocenters. The molecule has 0 spiro atoms. The fourth-order valence-corrected chi connectivity index (χ4v) is 10.7. The van der Waals surface area contributed by atoms with Crippen LogP contribution in [0.15, 0.2) is 72.3 Å². The van der Waals surface area contributed by atoms with Crippen molar-refractivity contribution in [1.29, 1.82) is 0 Å². The van der Waals surface area contributed by atoms with Gasteiger partial charge in [0, 0.05) is 12.5 Å². The zero-order valence-electron chi connectivity index (χ0n) is 19.0. The van der Waals surface area contributed by atoms with Gasteiger partial charge in [-0.25, -0.2) is 0 Å². The van der Waals surface area contributed by atoms with Gasteiger partial charge in [-0.3, -0.25) is 0 Å². The second-order valence-corrected chi connectivity index (χ2v) is 14.6. The molecule has 0 saturated heterocycles. The lowest BCUT2D eigenvalue weighted by atomic mass is 9.92. The zero-order chi connectivity index (χ0) is 22.1. The van der Waals surface area contributed by atoms with Crippen molar-refractivity contribution in [2.45, 2.75) is 51.2 Å². The molecule has 166 valence electrons. The van der Waals surface area contributed by atoms with E-state index in [-0.39, 0.29) is 23.7 Å². The van der Waals surface area contributed by atoms with Gasteiger partial charge in [-0.05, 0) is 46.5 Å². The van der Waals surface area contributed by atoms with E-state index in [0.717, 1.165) is 19.3 Å². The van der Waals surface area contributed by atoms with Crippen molar-refractivity contribution in [1.82, 2.24) is 0 Å². The van der Waals surface area contributed by atoms with Crippen molar-refractivity contribution in [3.05, 3.63) is 72.3 Å². The lowest BCUT2D eigenvalue weighted by Crippen LogP contribution is -2.67. The minimum Gasteiger partial charge on any atom is -0.407 e. The average molecular weight is 437 g/mol. The highest BCUT2D eigenvalue weighted by Gasteiger charge is 2.52. The Morgan fingerprint density at radius 2 is 1.55 bits per heavy atom. The molecule has 0 bridgehead atoms. The molecule has 3 nitrogen and oxygen atoms in total. The van der Waals surface area contributed by atoms with Crippen molar-refractivity contribution in [3.63, 3.8) is 0 Å². The number of allylic oxidation sites excluding steroid dienone is 1. The number of hydrogen-bond donors (Lipinski definition) is 2. The lowest BCUT2D eigenvalue weighted by Gasteiger charge is -2.44. The molecule has 2 aliphatic carbocycles. The molecule has 4 rings (SSSR count). The quantitative estimate of drug-likeness (QED) is 0.534. The summed E-state index contributed by atoms with van der Waals surface area (Å²) in [6, 6.07) is 21.4. The minimum absolute atomic E-state index is 0.0592. The lowest BCUT2D eigenvalue weighted by molar-refractivity contribution is 0.0774. The van der Waals surface area contributed by atoms with Gasteiger partial charge in [0.15, 0.2) is 0 Å². The van der Waals surface area contributed by atoms with Gasteiger partial charge in [-0.2, -0.15) is 0 Å². The zero-order valence-corrected chi connectivity index (χ0v) is 20.0. The number of fused-ring (bicyclic) bond motifs is 1. The number of hydrogen-bond acceptors (Lipinski definition) is 3. The van der Waals surface area contributed by atoms with E-state index in [0.29, 0.717) is 18.4 Å². The Labute approximate surface area is 187 Å². The van der Waals surface area contributed by atoms with E-state index in [1.807, 2.05) is 6.08 Å². The first-order chi connectivity index (χ1) is 14.9. The molecule has 2 saturated carbocycles. The Kier molecular flexibility index (Phi) is 6.54. The predicted octanol–water partition coefficient (Wildman–Crippen LogP) is 3.89. The Balaban J connectivity index is 1.68. The van der Waals surface area contributed by atoms with E-state index in [1.165, 1.54) is 15.9 Å². The van der Waals surface area contributed by atoms with Crippen molar-refractivity contribution < 1.29 is 14.6 Å². The second kappa shape index (κ2) is 9.03. The highest BCUT2D eigenvalue weighted by molar-refractivity contribution is 6.99. The van der Waals surface area contributed by atoms with Gasteiger partial charge >= 0.3 is 0 Å². The summed E-state index contributed by atoms with van der Waals surface area (Å²) in [6.07, 6.45) is 4.51. The van der Waals surface area contributed by atoms with E-state index in [1.54, 1.807) is 0 Å². The van der Waals surface area contributed by atoms with Gasteiger partial charge in [-0.1, -0.05) is 93.1 Å². The van der Waals surface area contributed by atoms with Gasteiger partial charge in [0.05, 0.1) is 12.7 Å². The van der Waals surface area contributed by atoms with E-state index < -0.39 is 8.32 Å². The molecule has 4 atom stereocenters. The Bertz CT molecular complexity index is 848. The van der Waals surface area contributed by atoms with Crippen LogP contribution in [0.4, 0.5) is 0 Å². The van der Waals surface area contributed by atoms with Gasteiger partial charge in [-0.15, -0.1) is 0 Å². The molecular weight excluding hydrogens is 400 g/mol. The highest BCUT2D eigenvalue weighted by Crippen LogP contribution is 2.50. The Morgan fingerprint density at radius 1 is 0.968 bits per heavy atom. The van der Waals surface area contributed by atoms with Crippen molar-refractivity contribution in [2.24, 2.45) is 17.8 Å². The summed E-state index contributed by atoms with van der Waals surface area (Å²) in [7, 11) is -2.59. The van der Waals surface area contributed by atoms with E-state index in [4.69, 9.17) is 4.43 Å². The predicted molar refractivity (Wildman–Crippen MR) is 129 cm³/mol. The maximum absolute atomic E-state index is 10.9. The van der Waals surface area contributed by atoms with Crippen LogP contribution < -0.4 is 10.4 Å². The SMILES string of the molecule is CC(C)(C)[Si](OC[C@H]1[C@H]2C/C(=C/CO)C[C@H]2C[C@H]1O)(c1ccccc1)c1ccccc1. The van der Waals surface area contributed by atoms with Crippen LogP contribution in [0.1, 0.15) is 40.0 Å². The third-order valence-corrected chi connectivity index (χ3v) is 12.5. The molecule has 0 amide bonds. The summed E-state index contributed by atoms with van der Waals surface area (Å²) in [6.45, 7) is 7.59. The molecule has 4 heteroatoms. The maximum atomic E-state index is 10.9. The summed E-state index contributed by atoms with van der Waals surface area (Å²) in [4.78, 5) is 0. The van der Waals surface area contributed by atoms with Crippen molar-refractivity contribution >= 4 is 18.7 Å². The van der Waals surface area contributed by atoms with Gasteiger partial charge < -0.3 is 14.6 Å². The summed E-state index contributed by atoms with van der Waals surface area (Å²) < 4.78 is 7.13. The monoisotopic (exact) mass is 436 g/mol.